The van der Waals surface area contributed by atoms with Crippen LogP contribution in [0.4, 0.5) is 0 Å². The summed E-state index contributed by atoms with van der Waals surface area (Å²) in [7, 11) is 0. The fourth-order valence-electron chi connectivity index (χ4n) is 4.29. The topological polar surface area (TPSA) is 64.4 Å². The quantitative estimate of drug-likeness (QED) is 0.645. The second-order valence-corrected chi connectivity index (χ2v) is 8.61. The summed E-state index contributed by atoms with van der Waals surface area (Å²) < 4.78 is 7.21. The van der Waals surface area contributed by atoms with E-state index < -0.39 is 5.41 Å². The number of esters is 1. The largest absolute Gasteiger partial charge is 0.466 e. The van der Waals surface area contributed by atoms with Crippen molar-refractivity contribution in [1.29, 1.82) is 0 Å². The van der Waals surface area contributed by atoms with Gasteiger partial charge in [-0.2, -0.15) is 5.10 Å². The van der Waals surface area contributed by atoms with Crippen molar-refractivity contribution in [3.63, 3.8) is 0 Å². The van der Waals surface area contributed by atoms with E-state index in [0.29, 0.717) is 44.0 Å². The van der Waals surface area contributed by atoms with Crippen LogP contribution in [0.1, 0.15) is 49.7 Å². The highest BCUT2D eigenvalue weighted by molar-refractivity contribution is 6.30. The molecule has 1 unspecified atom stereocenters. The molecule has 0 bridgehead atoms. The molecular formula is C23H30ClN3O3. The molecule has 0 N–H and O–H groups in total. The number of aromatic nitrogens is 2. The summed E-state index contributed by atoms with van der Waals surface area (Å²) in [6, 6.07) is 9.18. The Hall–Kier alpha value is -2.34. The zero-order chi connectivity index (χ0) is 21.9. The monoisotopic (exact) mass is 431 g/mol. The van der Waals surface area contributed by atoms with Gasteiger partial charge in [0, 0.05) is 23.8 Å². The molecule has 162 valence electrons. The third-order valence-corrected chi connectivity index (χ3v) is 6.22. The molecule has 1 atom stereocenters. The van der Waals surface area contributed by atoms with E-state index in [4.69, 9.17) is 16.3 Å². The van der Waals surface area contributed by atoms with E-state index in [1.807, 2.05) is 62.9 Å². The van der Waals surface area contributed by atoms with Gasteiger partial charge in [0.1, 0.15) is 6.04 Å². The first-order valence-corrected chi connectivity index (χ1v) is 10.9. The van der Waals surface area contributed by atoms with E-state index in [9.17, 15) is 9.59 Å². The molecule has 6 nitrogen and oxygen atoms in total. The van der Waals surface area contributed by atoms with Crippen molar-refractivity contribution in [1.82, 2.24) is 14.7 Å². The molecule has 2 aromatic rings. The molecule has 3 rings (SSSR count). The van der Waals surface area contributed by atoms with Crippen LogP contribution in [0.15, 0.2) is 30.3 Å². The van der Waals surface area contributed by atoms with Crippen LogP contribution in [0, 0.1) is 19.3 Å². The molecule has 30 heavy (non-hydrogen) atoms. The second kappa shape index (κ2) is 9.21. The zero-order valence-electron chi connectivity index (χ0n) is 18.2. The Kier molecular flexibility index (Phi) is 6.86. The highest BCUT2D eigenvalue weighted by Gasteiger charge is 2.44. The van der Waals surface area contributed by atoms with Gasteiger partial charge in [0.05, 0.1) is 17.7 Å². The second-order valence-electron chi connectivity index (χ2n) is 8.18. The lowest BCUT2D eigenvalue weighted by Crippen LogP contribution is -2.49. The number of hydrogen-bond acceptors (Lipinski definition) is 4. The number of nitrogens with zero attached hydrogens (tertiary/aromatic N) is 3. The minimum atomic E-state index is -0.623. The third-order valence-electron chi connectivity index (χ3n) is 5.97. The van der Waals surface area contributed by atoms with Gasteiger partial charge in [-0.3, -0.25) is 14.3 Å². The number of benzene rings is 1. The van der Waals surface area contributed by atoms with Crippen molar-refractivity contribution in [3.8, 4) is 0 Å². The van der Waals surface area contributed by atoms with Crippen LogP contribution in [-0.2, 0) is 20.7 Å². The van der Waals surface area contributed by atoms with Gasteiger partial charge in [0.25, 0.3) is 0 Å². The molecule has 1 amide bonds. The minimum Gasteiger partial charge on any atom is -0.466 e. The molecule has 0 radical (unpaired) electrons. The Morgan fingerprint density at radius 1 is 1.20 bits per heavy atom. The predicted octanol–water partition coefficient (Wildman–Crippen LogP) is 4.13. The summed E-state index contributed by atoms with van der Waals surface area (Å²) in [6.45, 7) is 8.97. The molecular weight excluding hydrogens is 402 g/mol. The molecule has 1 aromatic heterocycles. The first-order chi connectivity index (χ1) is 14.3. The molecule has 1 saturated heterocycles. The molecule has 1 aromatic carbocycles. The summed E-state index contributed by atoms with van der Waals surface area (Å²) in [5.41, 5.74) is 2.29. The lowest BCUT2D eigenvalue weighted by Gasteiger charge is -2.40. The fraction of sp³-hybridized carbons (Fsp3) is 0.522. The van der Waals surface area contributed by atoms with Crippen molar-refractivity contribution in [2.75, 3.05) is 19.7 Å². The van der Waals surface area contributed by atoms with Gasteiger partial charge in [-0.1, -0.05) is 23.7 Å². The standard InChI is InChI=1S/C23H30ClN3O3/c1-5-30-22(29)23(15-19-6-8-20(24)9-7-19)10-12-26(13-11-23)21(28)18(4)27-17(3)14-16(2)25-27/h6-9,14,18H,5,10-13,15H2,1-4H3. The average molecular weight is 432 g/mol. The highest BCUT2D eigenvalue weighted by atomic mass is 35.5. The lowest BCUT2D eigenvalue weighted by molar-refractivity contribution is -0.160. The first-order valence-electron chi connectivity index (χ1n) is 10.5. The van der Waals surface area contributed by atoms with Crippen LogP contribution in [0.2, 0.25) is 5.02 Å². The number of piperidine rings is 1. The van der Waals surface area contributed by atoms with E-state index in [1.165, 1.54) is 0 Å². The van der Waals surface area contributed by atoms with E-state index >= 15 is 0 Å². The first kappa shape index (κ1) is 22.3. The molecule has 0 saturated carbocycles. The number of aryl methyl sites for hydroxylation is 2. The average Bonchev–Trinajstić information content (AvgIpc) is 3.07. The lowest BCUT2D eigenvalue weighted by atomic mass is 9.73. The fourth-order valence-corrected chi connectivity index (χ4v) is 4.42. The number of amides is 1. The summed E-state index contributed by atoms with van der Waals surface area (Å²) in [5.74, 6) is -0.149. The van der Waals surface area contributed by atoms with Gasteiger partial charge in [-0.15, -0.1) is 0 Å². The summed E-state index contributed by atoms with van der Waals surface area (Å²) in [4.78, 5) is 27.8. The minimum absolute atomic E-state index is 0.0325. The van der Waals surface area contributed by atoms with Crippen LogP contribution in [0.5, 0.6) is 0 Å². The van der Waals surface area contributed by atoms with Crippen LogP contribution >= 0.6 is 11.6 Å². The smallest absolute Gasteiger partial charge is 0.312 e. The molecule has 7 heteroatoms. The Morgan fingerprint density at radius 3 is 2.37 bits per heavy atom. The zero-order valence-corrected chi connectivity index (χ0v) is 18.9. The molecule has 1 aliphatic rings. The van der Waals surface area contributed by atoms with Crippen LogP contribution in [-0.4, -0.2) is 46.3 Å². The number of carbonyl (C=O) groups excluding carboxylic acids is 2. The van der Waals surface area contributed by atoms with Crippen LogP contribution in [0.25, 0.3) is 0 Å². The van der Waals surface area contributed by atoms with E-state index in [1.54, 1.807) is 4.68 Å². The number of hydrogen-bond donors (Lipinski definition) is 0. The third kappa shape index (κ3) is 4.69. The Bertz CT molecular complexity index is 899. The number of carbonyl (C=O) groups is 2. The Labute approximate surface area is 183 Å². The van der Waals surface area contributed by atoms with Gasteiger partial charge in [0.15, 0.2) is 0 Å². The Balaban J connectivity index is 1.73. The number of rotatable bonds is 6. The summed E-state index contributed by atoms with van der Waals surface area (Å²) in [6.07, 6.45) is 1.73. The van der Waals surface area contributed by atoms with Crippen molar-refractivity contribution >= 4 is 23.5 Å². The van der Waals surface area contributed by atoms with Crippen LogP contribution < -0.4 is 0 Å². The Morgan fingerprint density at radius 2 is 1.83 bits per heavy atom. The maximum atomic E-state index is 13.1. The van der Waals surface area contributed by atoms with Gasteiger partial charge in [-0.25, -0.2) is 0 Å². The molecule has 0 spiro atoms. The SMILES string of the molecule is CCOC(=O)C1(Cc2ccc(Cl)cc2)CCN(C(=O)C(C)n2nc(C)cc2C)CC1. The van der Waals surface area contributed by atoms with E-state index in [-0.39, 0.29) is 17.9 Å². The molecule has 1 aliphatic heterocycles. The van der Waals surface area contributed by atoms with Crippen molar-refractivity contribution in [2.24, 2.45) is 5.41 Å². The van der Waals surface area contributed by atoms with Crippen molar-refractivity contribution in [3.05, 3.63) is 52.3 Å². The number of ether oxygens (including phenoxy) is 1. The number of likely N-dealkylation sites (tertiary alicyclic amines) is 1. The van der Waals surface area contributed by atoms with Crippen LogP contribution in [0.3, 0.4) is 0 Å². The number of halogens is 1. The van der Waals surface area contributed by atoms with Crippen molar-refractivity contribution in [2.45, 2.75) is 53.0 Å². The van der Waals surface area contributed by atoms with E-state index in [2.05, 4.69) is 5.10 Å². The molecule has 1 fully saturated rings. The summed E-state index contributed by atoms with van der Waals surface area (Å²) in [5, 5.41) is 5.12. The predicted molar refractivity (Wildman–Crippen MR) is 116 cm³/mol. The van der Waals surface area contributed by atoms with Gasteiger partial charge >= 0.3 is 5.97 Å². The molecule has 0 aliphatic carbocycles. The summed E-state index contributed by atoms with van der Waals surface area (Å²) >= 11 is 6.01. The van der Waals surface area contributed by atoms with E-state index in [0.717, 1.165) is 17.0 Å². The van der Waals surface area contributed by atoms with Gasteiger partial charge in [0.2, 0.25) is 5.91 Å². The highest BCUT2D eigenvalue weighted by Crippen LogP contribution is 2.37. The van der Waals surface area contributed by atoms with Crippen molar-refractivity contribution < 1.29 is 14.3 Å². The van der Waals surface area contributed by atoms with Gasteiger partial charge < -0.3 is 9.64 Å². The maximum absolute atomic E-state index is 13.1. The van der Waals surface area contributed by atoms with Gasteiger partial charge in [-0.05, 0) is 70.7 Å². The molecule has 2 heterocycles. The maximum Gasteiger partial charge on any atom is 0.312 e. The normalized spacial score (nSPS) is 16.9.